The SMILES string of the molecule is CNc1nc(N(C)C2CC2)c(Cl)cc1Cl. The molecular formula is C10H13Cl2N3. The van der Waals surface area contributed by atoms with E-state index in [2.05, 4.69) is 15.2 Å². The maximum absolute atomic E-state index is 6.11. The van der Waals surface area contributed by atoms with Crippen LogP contribution in [0.1, 0.15) is 12.8 Å². The van der Waals surface area contributed by atoms with Crippen LogP contribution in [0.25, 0.3) is 0 Å². The molecule has 0 spiro atoms. The zero-order chi connectivity index (χ0) is 11.0. The topological polar surface area (TPSA) is 28.2 Å². The lowest BCUT2D eigenvalue weighted by molar-refractivity contribution is 0.893. The first kappa shape index (κ1) is 10.8. The van der Waals surface area contributed by atoms with E-state index in [-0.39, 0.29) is 0 Å². The molecule has 0 bridgehead atoms. The fourth-order valence-electron chi connectivity index (χ4n) is 1.51. The summed E-state index contributed by atoms with van der Waals surface area (Å²) in [6.07, 6.45) is 2.43. The van der Waals surface area contributed by atoms with Crippen molar-refractivity contribution in [3.63, 3.8) is 0 Å². The zero-order valence-corrected chi connectivity index (χ0v) is 10.2. The highest BCUT2D eigenvalue weighted by molar-refractivity contribution is 6.37. The standard InChI is InChI=1S/C10H13Cl2N3/c1-13-9-7(11)5-8(12)10(14-9)15(2)6-3-4-6/h5-6H,3-4H2,1-2H3,(H,13,14). The summed E-state index contributed by atoms with van der Waals surface area (Å²) in [5, 5.41) is 4.11. The lowest BCUT2D eigenvalue weighted by atomic mass is 10.4. The second kappa shape index (κ2) is 4.06. The average Bonchev–Trinajstić information content (AvgIpc) is 3.00. The van der Waals surface area contributed by atoms with E-state index in [1.165, 1.54) is 12.8 Å². The van der Waals surface area contributed by atoms with Gasteiger partial charge in [-0.25, -0.2) is 4.98 Å². The van der Waals surface area contributed by atoms with E-state index in [0.29, 0.717) is 21.9 Å². The van der Waals surface area contributed by atoms with Crippen LogP contribution in [0, 0.1) is 0 Å². The van der Waals surface area contributed by atoms with Crippen molar-refractivity contribution in [3.8, 4) is 0 Å². The van der Waals surface area contributed by atoms with E-state index in [4.69, 9.17) is 23.2 Å². The Morgan fingerprint density at radius 1 is 1.40 bits per heavy atom. The second-order valence-corrected chi connectivity index (χ2v) is 4.53. The monoisotopic (exact) mass is 245 g/mol. The van der Waals surface area contributed by atoms with E-state index in [1.807, 2.05) is 7.05 Å². The quantitative estimate of drug-likeness (QED) is 0.888. The maximum atomic E-state index is 6.11. The Hall–Kier alpha value is -0.670. The molecular weight excluding hydrogens is 233 g/mol. The molecule has 0 amide bonds. The minimum absolute atomic E-state index is 0.551. The Morgan fingerprint density at radius 2 is 2.07 bits per heavy atom. The van der Waals surface area contributed by atoms with E-state index in [1.54, 1.807) is 13.1 Å². The molecule has 1 aliphatic rings. The number of nitrogens with one attached hydrogen (secondary N) is 1. The Morgan fingerprint density at radius 3 is 2.60 bits per heavy atom. The van der Waals surface area contributed by atoms with Crippen molar-refractivity contribution in [3.05, 3.63) is 16.1 Å². The Bertz CT molecular complexity index is 377. The van der Waals surface area contributed by atoms with Gasteiger partial charge in [-0.2, -0.15) is 0 Å². The normalized spacial score (nSPS) is 15.2. The summed E-state index contributed by atoms with van der Waals surface area (Å²) in [5.41, 5.74) is 0. The van der Waals surface area contributed by atoms with Crippen molar-refractivity contribution in [2.24, 2.45) is 0 Å². The number of aromatic nitrogens is 1. The Kier molecular flexibility index (Phi) is 2.94. The Labute approximate surface area is 99.4 Å². The predicted molar refractivity (Wildman–Crippen MR) is 65.2 cm³/mol. The van der Waals surface area contributed by atoms with Gasteiger partial charge in [0.25, 0.3) is 0 Å². The third-order valence-electron chi connectivity index (χ3n) is 2.58. The van der Waals surface area contributed by atoms with Crippen molar-refractivity contribution in [2.45, 2.75) is 18.9 Å². The summed E-state index contributed by atoms with van der Waals surface area (Å²) in [4.78, 5) is 6.51. The van der Waals surface area contributed by atoms with Crippen LogP contribution in [0.3, 0.4) is 0 Å². The van der Waals surface area contributed by atoms with Crippen molar-refractivity contribution in [2.75, 3.05) is 24.3 Å². The minimum atomic E-state index is 0.551. The van der Waals surface area contributed by atoms with Crippen LogP contribution in [0.4, 0.5) is 11.6 Å². The molecule has 0 saturated heterocycles. The van der Waals surface area contributed by atoms with Gasteiger partial charge in [0, 0.05) is 20.1 Å². The lowest BCUT2D eigenvalue weighted by Gasteiger charge is -2.19. The van der Waals surface area contributed by atoms with Crippen molar-refractivity contribution in [1.29, 1.82) is 0 Å². The number of anilines is 2. The van der Waals surface area contributed by atoms with Crippen LogP contribution >= 0.6 is 23.2 Å². The summed E-state index contributed by atoms with van der Waals surface area (Å²) in [6, 6.07) is 2.32. The van der Waals surface area contributed by atoms with Gasteiger partial charge in [0.2, 0.25) is 0 Å². The van der Waals surface area contributed by atoms with Gasteiger partial charge in [-0.15, -0.1) is 0 Å². The van der Waals surface area contributed by atoms with E-state index in [0.717, 1.165) is 5.82 Å². The number of pyridine rings is 1. The van der Waals surface area contributed by atoms with Crippen LogP contribution in [0.2, 0.25) is 10.0 Å². The molecule has 2 rings (SSSR count). The summed E-state index contributed by atoms with van der Waals surface area (Å²) in [5.74, 6) is 1.47. The summed E-state index contributed by atoms with van der Waals surface area (Å²) < 4.78 is 0. The third kappa shape index (κ3) is 2.13. The highest BCUT2D eigenvalue weighted by atomic mass is 35.5. The second-order valence-electron chi connectivity index (χ2n) is 3.72. The molecule has 1 heterocycles. The van der Waals surface area contributed by atoms with E-state index >= 15 is 0 Å². The fourth-order valence-corrected chi connectivity index (χ4v) is 2.10. The van der Waals surface area contributed by atoms with Gasteiger partial charge in [0.05, 0.1) is 10.0 Å². The van der Waals surface area contributed by atoms with Crippen LogP contribution in [-0.4, -0.2) is 25.1 Å². The number of halogens is 2. The van der Waals surface area contributed by atoms with Crippen LogP contribution in [-0.2, 0) is 0 Å². The Balaban J connectivity index is 2.36. The molecule has 1 aromatic heterocycles. The largest absolute Gasteiger partial charge is 0.372 e. The molecule has 82 valence electrons. The number of hydrogen-bond acceptors (Lipinski definition) is 3. The third-order valence-corrected chi connectivity index (χ3v) is 3.14. The van der Waals surface area contributed by atoms with Gasteiger partial charge in [0.15, 0.2) is 0 Å². The molecule has 0 aliphatic heterocycles. The van der Waals surface area contributed by atoms with Crippen molar-refractivity contribution in [1.82, 2.24) is 4.98 Å². The lowest BCUT2D eigenvalue weighted by Crippen LogP contribution is -2.21. The molecule has 1 N–H and O–H groups in total. The highest BCUT2D eigenvalue weighted by Gasteiger charge is 2.28. The molecule has 5 heteroatoms. The van der Waals surface area contributed by atoms with Gasteiger partial charge in [-0.05, 0) is 18.9 Å². The van der Waals surface area contributed by atoms with Crippen molar-refractivity contribution >= 4 is 34.8 Å². The molecule has 1 aliphatic carbocycles. The van der Waals surface area contributed by atoms with Crippen LogP contribution < -0.4 is 10.2 Å². The molecule has 0 radical (unpaired) electrons. The number of rotatable bonds is 3. The highest BCUT2D eigenvalue weighted by Crippen LogP contribution is 2.36. The minimum Gasteiger partial charge on any atom is -0.372 e. The molecule has 1 saturated carbocycles. The molecule has 1 fully saturated rings. The predicted octanol–water partition coefficient (Wildman–Crippen LogP) is 3.03. The van der Waals surface area contributed by atoms with Gasteiger partial charge < -0.3 is 10.2 Å². The zero-order valence-electron chi connectivity index (χ0n) is 8.72. The fraction of sp³-hybridized carbons (Fsp3) is 0.500. The van der Waals surface area contributed by atoms with E-state index < -0.39 is 0 Å². The average molecular weight is 246 g/mol. The molecule has 0 aromatic carbocycles. The van der Waals surface area contributed by atoms with Crippen LogP contribution in [0.15, 0.2) is 6.07 Å². The first-order valence-corrected chi connectivity index (χ1v) is 5.65. The maximum Gasteiger partial charge on any atom is 0.149 e. The molecule has 0 atom stereocenters. The van der Waals surface area contributed by atoms with Crippen molar-refractivity contribution < 1.29 is 0 Å². The van der Waals surface area contributed by atoms with Gasteiger partial charge >= 0.3 is 0 Å². The molecule has 0 unspecified atom stereocenters. The summed E-state index contributed by atoms with van der Waals surface area (Å²) in [7, 11) is 3.81. The molecule has 3 nitrogen and oxygen atoms in total. The summed E-state index contributed by atoms with van der Waals surface area (Å²) >= 11 is 12.1. The molecule has 1 aromatic rings. The van der Waals surface area contributed by atoms with E-state index in [9.17, 15) is 0 Å². The first-order chi connectivity index (χ1) is 7.13. The number of hydrogen-bond donors (Lipinski definition) is 1. The smallest absolute Gasteiger partial charge is 0.149 e. The van der Waals surface area contributed by atoms with Crippen LogP contribution in [0.5, 0.6) is 0 Å². The summed E-state index contributed by atoms with van der Waals surface area (Å²) in [6.45, 7) is 0. The van der Waals surface area contributed by atoms with Gasteiger partial charge in [0.1, 0.15) is 11.6 Å². The first-order valence-electron chi connectivity index (χ1n) is 4.90. The number of nitrogens with zero attached hydrogens (tertiary/aromatic N) is 2. The molecule has 15 heavy (non-hydrogen) atoms. The van der Waals surface area contributed by atoms with Gasteiger partial charge in [-0.3, -0.25) is 0 Å². The van der Waals surface area contributed by atoms with Gasteiger partial charge in [-0.1, -0.05) is 23.2 Å².